The fourth-order valence-electron chi connectivity index (χ4n) is 1.43. The number of aryl methyl sites for hydroxylation is 1. The Hall–Kier alpha value is -1.00. The van der Waals surface area contributed by atoms with Crippen molar-refractivity contribution in [3.63, 3.8) is 0 Å². The lowest BCUT2D eigenvalue weighted by atomic mass is 10.2. The number of nitrogens with two attached hydrogens (primary N) is 1. The van der Waals surface area contributed by atoms with Crippen LogP contribution in [0.5, 0.6) is 0 Å². The summed E-state index contributed by atoms with van der Waals surface area (Å²) in [5.74, 6) is 0. The van der Waals surface area contributed by atoms with Crippen molar-refractivity contribution in [2.24, 2.45) is 0 Å². The van der Waals surface area contributed by atoms with Crippen LogP contribution < -0.4 is 11.1 Å². The molecular weight excluding hydrogens is 284 g/mol. The first kappa shape index (κ1) is 11.5. The van der Waals surface area contributed by atoms with Gasteiger partial charge in [-0.1, -0.05) is 0 Å². The van der Waals surface area contributed by atoms with E-state index >= 15 is 0 Å². The van der Waals surface area contributed by atoms with Gasteiger partial charge < -0.3 is 11.1 Å². The van der Waals surface area contributed by atoms with Crippen molar-refractivity contribution < 1.29 is 0 Å². The Balaban J connectivity index is 2.08. The molecule has 0 saturated heterocycles. The van der Waals surface area contributed by atoms with Gasteiger partial charge in [0.1, 0.15) is 0 Å². The van der Waals surface area contributed by atoms with Gasteiger partial charge in [-0.05, 0) is 62.9 Å². The van der Waals surface area contributed by atoms with Crippen LogP contribution in [0.25, 0.3) is 0 Å². The molecule has 1 aromatic heterocycles. The lowest BCUT2D eigenvalue weighted by molar-refractivity contribution is 1.13. The summed E-state index contributed by atoms with van der Waals surface area (Å²) in [5.41, 5.74) is 10.2. The highest BCUT2D eigenvalue weighted by Gasteiger charge is 2.02. The average molecular weight is 297 g/mol. The number of nitrogen functional groups attached to an aromatic ring is 1. The van der Waals surface area contributed by atoms with E-state index < -0.39 is 0 Å². The quantitative estimate of drug-likeness (QED) is 0.840. The molecule has 0 atom stereocenters. The predicted octanol–water partition coefficient (Wildman–Crippen LogP) is 4.01. The van der Waals surface area contributed by atoms with Gasteiger partial charge in [0.05, 0.1) is 0 Å². The van der Waals surface area contributed by atoms with Crippen molar-refractivity contribution in [3.05, 3.63) is 44.6 Å². The molecule has 4 heteroatoms. The number of hydrogen-bond donors (Lipinski definition) is 2. The van der Waals surface area contributed by atoms with Crippen LogP contribution in [0.15, 0.2) is 33.4 Å². The molecule has 1 aromatic carbocycles. The van der Waals surface area contributed by atoms with Crippen LogP contribution in [0.3, 0.4) is 0 Å². The number of thiophene rings is 1. The molecule has 84 valence electrons. The molecule has 0 radical (unpaired) electrons. The number of halogens is 1. The van der Waals surface area contributed by atoms with Crippen LogP contribution in [-0.4, -0.2) is 0 Å². The van der Waals surface area contributed by atoms with Gasteiger partial charge >= 0.3 is 0 Å². The zero-order chi connectivity index (χ0) is 11.5. The second-order valence-corrected chi connectivity index (χ2v) is 5.27. The maximum atomic E-state index is 5.69. The van der Waals surface area contributed by atoms with Gasteiger partial charge in [0.15, 0.2) is 0 Å². The molecule has 0 aliphatic rings. The van der Waals surface area contributed by atoms with Crippen molar-refractivity contribution in [1.29, 1.82) is 0 Å². The smallest absolute Gasteiger partial charge is 0.0488 e. The summed E-state index contributed by atoms with van der Waals surface area (Å²) in [6.07, 6.45) is 0. The minimum Gasteiger partial charge on any atom is -0.399 e. The largest absolute Gasteiger partial charge is 0.399 e. The maximum Gasteiger partial charge on any atom is 0.0488 e. The molecule has 0 unspecified atom stereocenters. The van der Waals surface area contributed by atoms with Gasteiger partial charge in [-0.25, -0.2) is 0 Å². The van der Waals surface area contributed by atoms with Crippen molar-refractivity contribution in [1.82, 2.24) is 0 Å². The molecule has 0 aliphatic carbocycles. The van der Waals surface area contributed by atoms with Gasteiger partial charge in [-0.3, -0.25) is 0 Å². The molecule has 16 heavy (non-hydrogen) atoms. The third-order valence-electron chi connectivity index (χ3n) is 2.42. The van der Waals surface area contributed by atoms with Gasteiger partial charge in [-0.2, -0.15) is 11.3 Å². The van der Waals surface area contributed by atoms with Gasteiger partial charge in [0.2, 0.25) is 0 Å². The SMILES string of the molecule is Cc1cscc1CNc1ccc(N)cc1Br. The van der Waals surface area contributed by atoms with Crippen LogP contribution in [-0.2, 0) is 6.54 Å². The van der Waals surface area contributed by atoms with E-state index in [2.05, 4.69) is 38.9 Å². The number of hydrogen-bond acceptors (Lipinski definition) is 3. The Labute approximate surface area is 108 Å². The topological polar surface area (TPSA) is 38.0 Å². The average Bonchev–Trinajstić information content (AvgIpc) is 2.63. The molecule has 0 aliphatic heterocycles. The summed E-state index contributed by atoms with van der Waals surface area (Å²) in [7, 11) is 0. The van der Waals surface area contributed by atoms with E-state index in [9.17, 15) is 0 Å². The maximum absolute atomic E-state index is 5.69. The van der Waals surface area contributed by atoms with Gasteiger partial charge in [-0.15, -0.1) is 0 Å². The lowest BCUT2D eigenvalue weighted by Gasteiger charge is -2.08. The lowest BCUT2D eigenvalue weighted by Crippen LogP contribution is -2.00. The van der Waals surface area contributed by atoms with Gasteiger partial charge in [0.25, 0.3) is 0 Å². The molecule has 0 bridgehead atoms. The van der Waals surface area contributed by atoms with Crippen molar-refractivity contribution in [3.8, 4) is 0 Å². The summed E-state index contributed by atoms with van der Waals surface area (Å²) in [6, 6.07) is 5.79. The monoisotopic (exact) mass is 296 g/mol. The first-order valence-corrected chi connectivity index (χ1v) is 6.71. The van der Waals surface area contributed by atoms with Crippen LogP contribution in [0.4, 0.5) is 11.4 Å². The summed E-state index contributed by atoms with van der Waals surface area (Å²) in [4.78, 5) is 0. The molecule has 1 heterocycles. The molecule has 0 fully saturated rings. The number of rotatable bonds is 3. The Kier molecular flexibility index (Phi) is 3.51. The molecule has 2 nitrogen and oxygen atoms in total. The Morgan fingerprint density at radius 2 is 2.19 bits per heavy atom. The fraction of sp³-hybridized carbons (Fsp3) is 0.167. The second kappa shape index (κ2) is 4.89. The molecule has 0 saturated carbocycles. The normalized spacial score (nSPS) is 10.4. The van der Waals surface area contributed by atoms with Crippen LogP contribution in [0.2, 0.25) is 0 Å². The molecule has 2 rings (SSSR count). The molecule has 3 N–H and O–H groups in total. The fourth-order valence-corrected chi connectivity index (χ4v) is 2.83. The summed E-state index contributed by atoms with van der Waals surface area (Å²) >= 11 is 5.23. The Morgan fingerprint density at radius 3 is 2.81 bits per heavy atom. The van der Waals surface area contributed by atoms with Crippen LogP contribution >= 0.6 is 27.3 Å². The van der Waals surface area contributed by atoms with E-state index in [1.54, 1.807) is 11.3 Å². The Morgan fingerprint density at radius 1 is 1.38 bits per heavy atom. The van der Waals surface area contributed by atoms with Crippen LogP contribution in [0, 0.1) is 6.92 Å². The zero-order valence-corrected chi connectivity index (χ0v) is 11.4. The summed E-state index contributed by atoms with van der Waals surface area (Å²) in [5, 5.41) is 7.72. The first-order chi connectivity index (χ1) is 7.66. The van der Waals surface area contributed by atoms with E-state index in [1.165, 1.54) is 11.1 Å². The highest BCUT2D eigenvalue weighted by atomic mass is 79.9. The van der Waals surface area contributed by atoms with E-state index in [0.29, 0.717) is 0 Å². The predicted molar refractivity (Wildman–Crippen MR) is 74.9 cm³/mol. The number of benzene rings is 1. The molecular formula is C12H13BrN2S. The minimum atomic E-state index is 0.768. The molecule has 0 amide bonds. The zero-order valence-electron chi connectivity index (χ0n) is 8.96. The third kappa shape index (κ3) is 2.57. The number of nitrogens with one attached hydrogen (secondary N) is 1. The van der Waals surface area contributed by atoms with Crippen molar-refractivity contribution >= 4 is 38.6 Å². The summed E-state index contributed by atoms with van der Waals surface area (Å²) < 4.78 is 1.00. The van der Waals surface area contributed by atoms with E-state index in [1.807, 2.05) is 18.2 Å². The standard InChI is InChI=1S/C12H13BrN2S/c1-8-6-16-7-9(8)5-15-12-3-2-10(14)4-11(12)13/h2-4,6-7,15H,5,14H2,1H3. The van der Waals surface area contributed by atoms with Crippen molar-refractivity contribution in [2.75, 3.05) is 11.1 Å². The van der Waals surface area contributed by atoms with E-state index in [0.717, 1.165) is 22.4 Å². The van der Waals surface area contributed by atoms with Gasteiger partial charge in [0, 0.05) is 22.4 Å². The number of anilines is 2. The highest BCUT2D eigenvalue weighted by molar-refractivity contribution is 9.10. The van der Waals surface area contributed by atoms with Crippen LogP contribution in [0.1, 0.15) is 11.1 Å². The molecule has 2 aromatic rings. The second-order valence-electron chi connectivity index (χ2n) is 3.67. The molecule has 0 spiro atoms. The Bertz CT molecular complexity index is 494. The van der Waals surface area contributed by atoms with Crippen molar-refractivity contribution in [2.45, 2.75) is 13.5 Å². The van der Waals surface area contributed by atoms with E-state index in [-0.39, 0.29) is 0 Å². The third-order valence-corrected chi connectivity index (χ3v) is 3.99. The highest BCUT2D eigenvalue weighted by Crippen LogP contribution is 2.25. The first-order valence-electron chi connectivity index (χ1n) is 4.97. The minimum absolute atomic E-state index is 0.768. The summed E-state index contributed by atoms with van der Waals surface area (Å²) in [6.45, 7) is 2.98. The van der Waals surface area contributed by atoms with E-state index in [4.69, 9.17) is 5.73 Å².